The quantitative estimate of drug-likeness (QED) is 0.337. The highest BCUT2D eigenvalue weighted by Crippen LogP contribution is 2.31. The van der Waals surface area contributed by atoms with E-state index in [2.05, 4.69) is 16.4 Å². The number of hydrogen-bond donors (Lipinski definition) is 1. The summed E-state index contributed by atoms with van der Waals surface area (Å²) in [6.07, 6.45) is 1.52. The van der Waals surface area contributed by atoms with Gasteiger partial charge in [-0.25, -0.2) is 9.79 Å². The fraction of sp³-hybridized carbons (Fsp3) is 0.143. The van der Waals surface area contributed by atoms with Crippen molar-refractivity contribution in [3.8, 4) is 11.8 Å². The Morgan fingerprint density at radius 2 is 1.89 bits per heavy atom. The first-order valence-electron chi connectivity index (χ1n) is 11.2. The number of amides is 1. The molecular formula is C28H23N3O4S. The van der Waals surface area contributed by atoms with Gasteiger partial charge in [0.25, 0.3) is 5.91 Å². The molecule has 1 amide bonds. The van der Waals surface area contributed by atoms with Crippen molar-refractivity contribution in [2.45, 2.75) is 26.6 Å². The molecule has 1 fully saturated rings. The summed E-state index contributed by atoms with van der Waals surface area (Å²) >= 11 is 1.20. The maximum atomic E-state index is 12.6. The van der Waals surface area contributed by atoms with Crippen LogP contribution in [0.25, 0.3) is 6.08 Å². The van der Waals surface area contributed by atoms with E-state index in [4.69, 9.17) is 9.47 Å². The zero-order chi connectivity index (χ0) is 25.5. The van der Waals surface area contributed by atoms with Gasteiger partial charge in [0, 0.05) is 11.1 Å². The van der Waals surface area contributed by atoms with Crippen LogP contribution in [-0.4, -0.2) is 23.1 Å². The second-order valence-electron chi connectivity index (χ2n) is 8.08. The highest BCUT2D eigenvalue weighted by molar-refractivity contribution is 8.18. The maximum Gasteiger partial charge on any atom is 0.338 e. The summed E-state index contributed by atoms with van der Waals surface area (Å²) in [7, 11) is 0. The van der Waals surface area contributed by atoms with E-state index in [0.717, 1.165) is 11.1 Å². The fourth-order valence-corrected chi connectivity index (χ4v) is 4.20. The van der Waals surface area contributed by atoms with E-state index in [1.165, 1.54) is 11.8 Å². The van der Waals surface area contributed by atoms with Crippen LogP contribution in [0.15, 0.2) is 82.7 Å². The normalized spacial score (nSPS) is 15.1. The smallest absolute Gasteiger partial charge is 0.338 e. The molecule has 0 bridgehead atoms. The maximum absolute atomic E-state index is 12.6. The molecule has 0 atom stereocenters. The summed E-state index contributed by atoms with van der Waals surface area (Å²) in [5, 5.41) is 12.5. The van der Waals surface area contributed by atoms with E-state index >= 15 is 0 Å². The SMILES string of the molecule is CC(C)OC(=O)c1cccc(N=C2NC(=O)/C(=C/c3ccccc3OCc3ccccc3C#N)S2)c1. The predicted octanol–water partition coefficient (Wildman–Crippen LogP) is 5.59. The Balaban J connectivity index is 1.51. The van der Waals surface area contributed by atoms with Crippen LogP contribution in [0.3, 0.4) is 0 Å². The van der Waals surface area contributed by atoms with Crippen LogP contribution in [0.1, 0.15) is 40.9 Å². The molecule has 180 valence electrons. The number of esters is 1. The fourth-order valence-electron chi connectivity index (χ4n) is 3.37. The van der Waals surface area contributed by atoms with Gasteiger partial charge in [0.1, 0.15) is 12.4 Å². The van der Waals surface area contributed by atoms with Crippen molar-refractivity contribution in [2.75, 3.05) is 0 Å². The van der Waals surface area contributed by atoms with Gasteiger partial charge in [0.15, 0.2) is 5.17 Å². The van der Waals surface area contributed by atoms with Gasteiger partial charge in [-0.15, -0.1) is 0 Å². The van der Waals surface area contributed by atoms with Gasteiger partial charge in [-0.1, -0.05) is 42.5 Å². The molecule has 1 N–H and O–H groups in total. The number of carbonyl (C=O) groups is 2. The molecule has 4 rings (SSSR count). The van der Waals surface area contributed by atoms with E-state index in [0.29, 0.717) is 32.6 Å². The summed E-state index contributed by atoms with van der Waals surface area (Å²) in [4.78, 5) is 29.7. The van der Waals surface area contributed by atoms with Crippen LogP contribution in [0, 0.1) is 11.3 Å². The van der Waals surface area contributed by atoms with Gasteiger partial charge in [0.2, 0.25) is 0 Å². The number of hydrogen-bond acceptors (Lipinski definition) is 7. The minimum Gasteiger partial charge on any atom is -0.488 e. The van der Waals surface area contributed by atoms with Crippen molar-refractivity contribution in [1.29, 1.82) is 5.26 Å². The van der Waals surface area contributed by atoms with E-state index in [9.17, 15) is 14.9 Å². The lowest BCUT2D eigenvalue weighted by Gasteiger charge is -2.10. The number of amidine groups is 1. The number of aliphatic imine (C=N–C) groups is 1. The van der Waals surface area contributed by atoms with Crippen molar-refractivity contribution >= 4 is 40.6 Å². The molecule has 0 aromatic heterocycles. The average Bonchev–Trinajstić information content (AvgIpc) is 3.21. The molecule has 1 aliphatic rings. The Labute approximate surface area is 213 Å². The van der Waals surface area contributed by atoms with Crippen LogP contribution in [0.2, 0.25) is 0 Å². The molecule has 1 aliphatic heterocycles. The van der Waals surface area contributed by atoms with E-state index in [1.54, 1.807) is 50.3 Å². The Bertz CT molecular complexity index is 1410. The molecule has 36 heavy (non-hydrogen) atoms. The van der Waals surface area contributed by atoms with Gasteiger partial charge in [-0.3, -0.25) is 4.79 Å². The number of ether oxygens (including phenoxy) is 2. The predicted molar refractivity (Wildman–Crippen MR) is 140 cm³/mol. The zero-order valence-electron chi connectivity index (χ0n) is 19.7. The molecule has 7 nitrogen and oxygen atoms in total. The molecule has 0 radical (unpaired) electrons. The zero-order valence-corrected chi connectivity index (χ0v) is 20.5. The minimum absolute atomic E-state index is 0.224. The van der Waals surface area contributed by atoms with Gasteiger partial charge in [-0.2, -0.15) is 5.26 Å². The summed E-state index contributed by atoms with van der Waals surface area (Å²) < 4.78 is 11.2. The highest BCUT2D eigenvalue weighted by atomic mass is 32.2. The number of thioether (sulfide) groups is 1. The lowest BCUT2D eigenvalue weighted by Crippen LogP contribution is -2.19. The van der Waals surface area contributed by atoms with Crippen molar-refractivity contribution < 1.29 is 19.1 Å². The Morgan fingerprint density at radius 3 is 2.69 bits per heavy atom. The molecule has 0 unspecified atom stereocenters. The summed E-state index contributed by atoms with van der Waals surface area (Å²) in [6, 6.07) is 23.5. The van der Waals surface area contributed by atoms with Crippen molar-refractivity contribution in [2.24, 2.45) is 4.99 Å². The topological polar surface area (TPSA) is 101 Å². The Kier molecular flexibility index (Phi) is 7.83. The van der Waals surface area contributed by atoms with Gasteiger partial charge < -0.3 is 14.8 Å². The lowest BCUT2D eigenvalue weighted by atomic mass is 10.1. The molecule has 1 saturated heterocycles. The van der Waals surface area contributed by atoms with Gasteiger partial charge >= 0.3 is 5.97 Å². The van der Waals surface area contributed by atoms with E-state index < -0.39 is 5.97 Å². The van der Waals surface area contributed by atoms with Crippen molar-refractivity contribution in [1.82, 2.24) is 5.32 Å². The van der Waals surface area contributed by atoms with E-state index in [-0.39, 0.29) is 18.6 Å². The summed E-state index contributed by atoms with van der Waals surface area (Å²) in [5.74, 6) is -0.114. The van der Waals surface area contributed by atoms with Crippen LogP contribution >= 0.6 is 11.8 Å². The third kappa shape index (κ3) is 6.20. The number of benzene rings is 3. The third-order valence-electron chi connectivity index (χ3n) is 5.03. The van der Waals surface area contributed by atoms with Crippen LogP contribution in [-0.2, 0) is 16.1 Å². The number of carbonyl (C=O) groups excluding carboxylic acids is 2. The van der Waals surface area contributed by atoms with Crippen molar-refractivity contribution in [3.63, 3.8) is 0 Å². The first-order chi connectivity index (χ1) is 17.4. The average molecular weight is 498 g/mol. The largest absolute Gasteiger partial charge is 0.488 e. The number of para-hydroxylation sites is 1. The van der Waals surface area contributed by atoms with Crippen LogP contribution in [0.4, 0.5) is 5.69 Å². The third-order valence-corrected chi connectivity index (χ3v) is 5.94. The standard InChI is InChI=1S/C28H23N3O4S/c1-18(2)35-27(33)20-11-7-12-23(14-20)30-28-31-26(32)25(36-28)15-19-8-5-6-13-24(19)34-17-22-10-4-3-9-21(22)16-29/h3-15,18H,17H2,1-2H3,(H,30,31,32)/b25-15-. The monoisotopic (exact) mass is 497 g/mol. The van der Waals surface area contributed by atoms with Gasteiger partial charge in [-0.05, 0) is 62.0 Å². The Hall–Kier alpha value is -4.35. The number of nitrogens with zero attached hydrogens (tertiary/aromatic N) is 2. The minimum atomic E-state index is -0.426. The van der Waals surface area contributed by atoms with Crippen molar-refractivity contribution in [3.05, 3.63) is 100.0 Å². The Morgan fingerprint density at radius 1 is 1.11 bits per heavy atom. The second kappa shape index (κ2) is 11.4. The molecular weight excluding hydrogens is 474 g/mol. The van der Waals surface area contributed by atoms with Crippen LogP contribution < -0.4 is 10.1 Å². The molecule has 1 heterocycles. The summed E-state index contributed by atoms with van der Waals surface area (Å²) in [6.45, 7) is 3.80. The summed E-state index contributed by atoms with van der Waals surface area (Å²) in [5.41, 5.74) is 2.98. The molecule has 0 saturated carbocycles. The number of nitriles is 1. The highest BCUT2D eigenvalue weighted by Gasteiger charge is 2.24. The molecule has 8 heteroatoms. The number of rotatable bonds is 7. The molecule has 0 spiro atoms. The molecule has 3 aromatic carbocycles. The first-order valence-corrected chi connectivity index (χ1v) is 12.0. The lowest BCUT2D eigenvalue weighted by molar-refractivity contribution is -0.115. The number of nitrogens with one attached hydrogen (secondary N) is 1. The molecule has 0 aliphatic carbocycles. The van der Waals surface area contributed by atoms with E-state index in [1.807, 2.05) is 42.5 Å². The molecule has 3 aromatic rings. The van der Waals surface area contributed by atoms with Crippen LogP contribution in [0.5, 0.6) is 5.75 Å². The first kappa shape index (κ1) is 24.8. The second-order valence-corrected chi connectivity index (χ2v) is 9.11. The van der Waals surface area contributed by atoms with Gasteiger partial charge in [0.05, 0.1) is 33.9 Å².